The molecule has 1 aliphatic carbocycles. The summed E-state index contributed by atoms with van der Waals surface area (Å²) in [7, 11) is 0. The fraction of sp³-hybridized carbons (Fsp3) is 0.300. The number of hydrogen-bond acceptors (Lipinski definition) is 3. The van der Waals surface area contributed by atoms with E-state index in [1.165, 1.54) is 12.1 Å². The van der Waals surface area contributed by atoms with Crippen LogP contribution in [0.15, 0.2) is 12.1 Å². The Balaban J connectivity index is 2.54. The van der Waals surface area contributed by atoms with Crippen LogP contribution in [0.25, 0.3) is 0 Å². The van der Waals surface area contributed by atoms with Crippen molar-refractivity contribution in [3.63, 3.8) is 0 Å². The average molecular weight is 213 g/mol. The number of halogens is 1. The van der Waals surface area contributed by atoms with Crippen LogP contribution in [0.2, 0.25) is 5.02 Å². The van der Waals surface area contributed by atoms with Crippen LogP contribution in [0.1, 0.15) is 18.4 Å². The third-order valence-corrected chi connectivity index (χ3v) is 2.93. The van der Waals surface area contributed by atoms with Crippen LogP contribution >= 0.6 is 11.6 Å². The maximum Gasteiger partial charge on any atom is 0.158 e. The van der Waals surface area contributed by atoms with Gasteiger partial charge in [-0.1, -0.05) is 11.6 Å². The first kappa shape index (κ1) is 9.34. The Morgan fingerprint density at radius 1 is 1.29 bits per heavy atom. The van der Waals surface area contributed by atoms with E-state index in [0.717, 1.165) is 19.1 Å². The Labute approximate surface area is 85.9 Å². The molecule has 0 unspecified atom stereocenters. The molecular weight excluding hydrogens is 204 g/mol. The Kier molecular flexibility index (Phi) is 1.93. The zero-order valence-electron chi connectivity index (χ0n) is 7.33. The zero-order chi connectivity index (χ0) is 10.3. The van der Waals surface area contributed by atoms with E-state index in [1.54, 1.807) is 0 Å². The lowest BCUT2D eigenvalue weighted by atomic mass is 9.97. The van der Waals surface area contributed by atoms with E-state index in [1.807, 2.05) is 0 Å². The second kappa shape index (κ2) is 2.89. The normalized spacial score (nSPS) is 17.8. The summed E-state index contributed by atoms with van der Waals surface area (Å²) in [5, 5.41) is 18.8. The number of aldehydes is 1. The minimum absolute atomic E-state index is 0.238. The van der Waals surface area contributed by atoms with Gasteiger partial charge in [-0.3, -0.25) is 0 Å². The molecule has 1 aliphatic rings. The predicted molar refractivity (Wildman–Crippen MR) is 51.8 cm³/mol. The predicted octanol–water partition coefficient (Wildman–Crippen LogP) is 1.98. The highest BCUT2D eigenvalue weighted by atomic mass is 35.5. The maximum atomic E-state index is 10.8. The van der Waals surface area contributed by atoms with Crippen molar-refractivity contribution in [3.05, 3.63) is 22.7 Å². The summed E-state index contributed by atoms with van der Waals surface area (Å²) in [4.78, 5) is 10.8. The molecule has 74 valence electrons. The Hall–Kier alpha value is -1.22. The van der Waals surface area contributed by atoms with Gasteiger partial charge in [-0.2, -0.15) is 0 Å². The molecule has 1 fully saturated rings. The Bertz CT molecular complexity index is 397. The minimum Gasteiger partial charge on any atom is -0.504 e. The molecule has 14 heavy (non-hydrogen) atoms. The largest absolute Gasteiger partial charge is 0.504 e. The molecule has 0 amide bonds. The number of benzene rings is 1. The summed E-state index contributed by atoms with van der Waals surface area (Å²) >= 11 is 5.87. The van der Waals surface area contributed by atoms with Gasteiger partial charge >= 0.3 is 0 Å². The lowest BCUT2D eigenvalue weighted by Crippen LogP contribution is -2.08. The first-order chi connectivity index (χ1) is 6.59. The van der Waals surface area contributed by atoms with Gasteiger partial charge in [0.25, 0.3) is 0 Å². The first-order valence-corrected chi connectivity index (χ1v) is 4.65. The minimum atomic E-state index is -0.526. The second-order valence-electron chi connectivity index (χ2n) is 3.59. The van der Waals surface area contributed by atoms with Gasteiger partial charge in [0, 0.05) is 11.1 Å². The summed E-state index contributed by atoms with van der Waals surface area (Å²) in [6.07, 6.45) is 2.35. The molecule has 0 aliphatic heterocycles. The SMILES string of the molecule is O=CC1(c2cc(O)c(O)cc2Cl)CC1. The highest BCUT2D eigenvalue weighted by Crippen LogP contribution is 2.50. The van der Waals surface area contributed by atoms with Crippen LogP contribution in [0.3, 0.4) is 0 Å². The van der Waals surface area contributed by atoms with E-state index in [9.17, 15) is 9.90 Å². The number of phenolic OH excluding ortho intramolecular Hbond substituents is 2. The van der Waals surface area contributed by atoms with Gasteiger partial charge in [0.2, 0.25) is 0 Å². The van der Waals surface area contributed by atoms with Crippen molar-refractivity contribution in [2.45, 2.75) is 18.3 Å². The summed E-state index contributed by atoms with van der Waals surface area (Å²) in [6, 6.07) is 2.62. The van der Waals surface area contributed by atoms with Crippen LogP contribution in [0, 0.1) is 0 Å². The molecule has 0 bridgehead atoms. The zero-order valence-corrected chi connectivity index (χ0v) is 8.08. The topological polar surface area (TPSA) is 57.5 Å². The molecule has 2 N–H and O–H groups in total. The van der Waals surface area contributed by atoms with Crippen LogP contribution in [0.5, 0.6) is 11.5 Å². The number of phenols is 2. The number of aromatic hydroxyl groups is 2. The van der Waals surface area contributed by atoms with E-state index in [-0.39, 0.29) is 11.5 Å². The fourth-order valence-electron chi connectivity index (χ4n) is 1.52. The Morgan fingerprint density at radius 3 is 2.36 bits per heavy atom. The van der Waals surface area contributed by atoms with Gasteiger partial charge in [-0.15, -0.1) is 0 Å². The van der Waals surface area contributed by atoms with Gasteiger partial charge in [0.15, 0.2) is 11.5 Å². The third kappa shape index (κ3) is 1.24. The van der Waals surface area contributed by atoms with Gasteiger partial charge in [0.05, 0.1) is 5.41 Å². The lowest BCUT2D eigenvalue weighted by molar-refractivity contribution is -0.109. The molecular formula is C10H9ClO3. The second-order valence-corrected chi connectivity index (χ2v) is 4.00. The van der Waals surface area contributed by atoms with Crippen molar-refractivity contribution < 1.29 is 15.0 Å². The number of carbonyl (C=O) groups excluding carboxylic acids is 1. The monoisotopic (exact) mass is 212 g/mol. The Morgan fingerprint density at radius 2 is 1.86 bits per heavy atom. The molecule has 1 aromatic rings. The van der Waals surface area contributed by atoms with Gasteiger partial charge in [-0.05, 0) is 24.5 Å². The van der Waals surface area contributed by atoms with Gasteiger partial charge < -0.3 is 15.0 Å². The molecule has 0 atom stereocenters. The van der Waals surface area contributed by atoms with Crippen LogP contribution in [-0.4, -0.2) is 16.5 Å². The summed E-state index contributed by atoms with van der Waals surface area (Å²) in [5.74, 6) is -0.502. The fourth-order valence-corrected chi connectivity index (χ4v) is 1.86. The van der Waals surface area contributed by atoms with E-state index < -0.39 is 5.41 Å². The molecule has 3 nitrogen and oxygen atoms in total. The molecule has 0 saturated heterocycles. The van der Waals surface area contributed by atoms with E-state index in [2.05, 4.69) is 0 Å². The van der Waals surface area contributed by atoms with Crippen molar-refractivity contribution in [1.82, 2.24) is 0 Å². The molecule has 0 spiro atoms. The van der Waals surface area contributed by atoms with Crippen molar-refractivity contribution >= 4 is 17.9 Å². The maximum absolute atomic E-state index is 10.8. The molecule has 0 heterocycles. The molecule has 0 radical (unpaired) electrons. The van der Waals surface area contributed by atoms with Crippen molar-refractivity contribution in [3.8, 4) is 11.5 Å². The molecule has 1 saturated carbocycles. The summed E-state index contributed by atoms with van der Waals surface area (Å²) in [5.41, 5.74) is 0.0758. The number of rotatable bonds is 2. The number of carbonyl (C=O) groups is 1. The molecule has 0 aromatic heterocycles. The lowest BCUT2D eigenvalue weighted by Gasteiger charge is -2.11. The molecule has 2 rings (SSSR count). The first-order valence-electron chi connectivity index (χ1n) is 4.27. The number of hydrogen-bond donors (Lipinski definition) is 2. The van der Waals surface area contributed by atoms with Gasteiger partial charge in [-0.25, -0.2) is 0 Å². The standard InChI is InChI=1S/C10H9ClO3/c11-7-4-9(14)8(13)3-6(7)10(5-12)1-2-10/h3-5,13-14H,1-2H2. The molecule has 1 aromatic carbocycles. The van der Waals surface area contributed by atoms with Crippen molar-refractivity contribution in [2.75, 3.05) is 0 Å². The van der Waals surface area contributed by atoms with E-state index in [0.29, 0.717) is 10.6 Å². The van der Waals surface area contributed by atoms with Crippen LogP contribution in [-0.2, 0) is 10.2 Å². The average Bonchev–Trinajstić information content (AvgIpc) is 2.92. The van der Waals surface area contributed by atoms with Crippen molar-refractivity contribution in [1.29, 1.82) is 0 Å². The summed E-state index contributed by atoms with van der Waals surface area (Å²) < 4.78 is 0. The smallest absolute Gasteiger partial charge is 0.158 e. The van der Waals surface area contributed by atoms with E-state index in [4.69, 9.17) is 16.7 Å². The highest BCUT2D eigenvalue weighted by Gasteiger charge is 2.46. The van der Waals surface area contributed by atoms with Gasteiger partial charge in [0.1, 0.15) is 6.29 Å². The highest BCUT2D eigenvalue weighted by molar-refractivity contribution is 6.32. The molecule has 4 heteroatoms. The van der Waals surface area contributed by atoms with Crippen molar-refractivity contribution in [2.24, 2.45) is 0 Å². The van der Waals surface area contributed by atoms with E-state index >= 15 is 0 Å². The van der Waals surface area contributed by atoms with Crippen LogP contribution in [0.4, 0.5) is 0 Å². The third-order valence-electron chi connectivity index (χ3n) is 2.61. The quantitative estimate of drug-likeness (QED) is 0.582. The summed E-state index contributed by atoms with van der Waals surface area (Å²) in [6.45, 7) is 0. The van der Waals surface area contributed by atoms with Crippen LogP contribution < -0.4 is 0 Å².